The predicted octanol–water partition coefficient (Wildman–Crippen LogP) is 4.60. The van der Waals surface area contributed by atoms with Crippen molar-refractivity contribution in [3.8, 4) is 0 Å². The van der Waals surface area contributed by atoms with Crippen molar-refractivity contribution in [1.82, 2.24) is 0 Å². The first-order valence-electron chi connectivity index (χ1n) is 9.10. The summed E-state index contributed by atoms with van der Waals surface area (Å²) in [7, 11) is 0. The molecule has 28 heavy (non-hydrogen) atoms. The summed E-state index contributed by atoms with van der Waals surface area (Å²) >= 11 is 1.42. The standard InChI is InChI=1S/C22H20N2O3S/c1-15-13-16-7-2-4-9-18(16)24(15)21(25)14-28-20-11-5-3-8-17(20)23-22(26)19-10-6-12-27-19/h2-12,15H,13-14H2,1H3,(H,23,26)/t15-/m0/s1. The van der Waals surface area contributed by atoms with Crippen LogP contribution in [0.15, 0.2) is 76.2 Å². The molecule has 142 valence electrons. The molecule has 2 heterocycles. The fourth-order valence-electron chi connectivity index (χ4n) is 3.44. The van der Waals surface area contributed by atoms with Crippen LogP contribution in [-0.2, 0) is 11.2 Å². The van der Waals surface area contributed by atoms with E-state index in [1.54, 1.807) is 12.1 Å². The molecule has 0 fully saturated rings. The molecule has 5 nitrogen and oxygen atoms in total. The van der Waals surface area contributed by atoms with Gasteiger partial charge in [0.1, 0.15) is 0 Å². The fraction of sp³-hybridized carbons (Fsp3) is 0.182. The van der Waals surface area contributed by atoms with E-state index in [4.69, 9.17) is 4.42 Å². The summed E-state index contributed by atoms with van der Waals surface area (Å²) in [5, 5.41) is 2.85. The minimum atomic E-state index is -0.313. The van der Waals surface area contributed by atoms with Crippen LogP contribution in [0, 0.1) is 0 Å². The molecule has 4 rings (SSSR count). The van der Waals surface area contributed by atoms with Crippen molar-refractivity contribution < 1.29 is 14.0 Å². The molecule has 2 amide bonds. The summed E-state index contributed by atoms with van der Waals surface area (Å²) in [6.07, 6.45) is 2.34. The van der Waals surface area contributed by atoms with Crippen molar-refractivity contribution in [2.75, 3.05) is 16.0 Å². The molecule has 1 aliphatic rings. The Hall–Kier alpha value is -2.99. The Bertz CT molecular complexity index is 1000. The van der Waals surface area contributed by atoms with Crippen molar-refractivity contribution in [3.63, 3.8) is 0 Å². The first-order chi connectivity index (χ1) is 13.6. The number of fused-ring (bicyclic) bond motifs is 1. The van der Waals surface area contributed by atoms with Crippen molar-refractivity contribution in [2.24, 2.45) is 0 Å². The number of rotatable bonds is 5. The number of para-hydroxylation sites is 2. The van der Waals surface area contributed by atoms with E-state index in [9.17, 15) is 9.59 Å². The second kappa shape index (κ2) is 7.94. The van der Waals surface area contributed by atoms with Crippen LogP contribution >= 0.6 is 11.8 Å². The van der Waals surface area contributed by atoms with Gasteiger partial charge >= 0.3 is 0 Å². The lowest BCUT2D eigenvalue weighted by atomic mass is 10.1. The van der Waals surface area contributed by atoms with E-state index >= 15 is 0 Å². The maximum atomic E-state index is 12.9. The minimum Gasteiger partial charge on any atom is -0.459 e. The van der Waals surface area contributed by atoms with Gasteiger partial charge in [-0.2, -0.15) is 0 Å². The van der Waals surface area contributed by atoms with Crippen molar-refractivity contribution in [3.05, 3.63) is 78.3 Å². The molecule has 0 unspecified atom stereocenters. The summed E-state index contributed by atoms with van der Waals surface area (Å²) in [5.74, 6) is 0.297. The summed E-state index contributed by atoms with van der Waals surface area (Å²) in [4.78, 5) is 27.9. The lowest BCUT2D eigenvalue weighted by Crippen LogP contribution is -2.36. The number of nitrogens with one attached hydrogen (secondary N) is 1. The highest BCUT2D eigenvalue weighted by molar-refractivity contribution is 8.00. The Labute approximate surface area is 167 Å². The lowest BCUT2D eigenvalue weighted by molar-refractivity contribution is -0.116. The number of anilines is 2. The van der Waals surface area contributed by atoms with E-state index in [1.165, 1.54) is 23.6 Å². The first kappa shape index (κ1) is 18.4. The summed E-state index contributed by atoms with van der Waals surface area (Å²) in [6, 6.07) is 18.9. The number of benzene rings is 2. The zero-order valence-corrected chi connectivity index (χ0v) is 16.2. The number of hydrogen-bond donors (Lipinski definition) is 1. The molecule has 2 aromatic carbocycles. The third-order valence-electron chi connectivity index (χ3n) is 4.71. The molecule has 0 aliphatic carbocycles. The monoisotopic (exact) mass is 392 g/mol. The number of nitrogens with zero attached hydrogens (tertiary/aromatic N) is 1. The first-order valence-corrected chi connectivity index (χ1v) is 10.1. The van der Waals surface area contributed by atoms with Gasteiger partial charge in [-0.25, -0.2) is 0 Å². The average molecular weight is 392 g/mol. The SMILES string of the molecule is C[C@H]1Cc2ccccc2N1C(=O)CSc1ccccc1NC(=O)c1ccco1. The third kappa shape index (κ3) is 3.68. The molecule has 1 N–H and O–H groups in total. The van der Waals surface area contributed by atoms with Crippen LogP contribution in [-0.4, -0.2) is 23.6 Å². The zero-order valence-electron chi connectivity index (χ0n) is 15.4. The molecular weight excluding hydrogens is 372 g/mol. The van der Waals surface area contributed by atoms with E-state index in [2.05, 4.69) is 18.3 Å². The van der Waals surface area contributed by atoms with Gasteiger partial charge in [-0.15, -0.1) is 11.8 Å². The van der Waals surface area contributed by atoms with Gasteiger partial charge in [0.15, 0.2) is 5.76 Å². The van der Waals surface area contributed by atoms with Crippen LogP contribution in [0.2, 0.25) is 0 Å². The van der Waals surface area contributed by atoms with Gasteiger partial charge in [0.2, 0.25) is 5.91 Å². The highest BCUT2D eigenvalue weighted by atomic mass is 32.2. The quantitative estimate of drug-likeness (QED) is 0.645. The number of carbonyl (C=O) groups is 2. The van der Waals surface area contributed by atoms with E-state index in [-0.39, 0.29) is 23.6 Å². The summed E-state index contributed by atoms with van der Waals surface area (Å²) < 4.78 is 5.14. The van der Waals surface area contributed by atoms with Crippen LogP contribution in [0.3, 0.4) is 0 Å². The normalized spacial score (nSPS) is 15.3. The summed E-state index contributed by atoms with van der Waals surface area (Å²) in [6.45, 7) is 2.07. The Morgan fingerprint density at radius 3 is 2.71 bits per heavy atom. The Morgan fingerprint density at radius 1 is 1.11 bits per heavy atom. The minimum absolute atomic E-state index is 0.0645. The van der Waals surface area contributed by atoms with Gasteiger partial charge < -0.3 is 14.6 Å². The molecule has 0 saturated heterocycles. The predicted molar refractivity (Wildman–Crippen MR) is 111 cm³/mol. The number of amides is 2. The number of furan rings is 1. The molecule has 0 spiro atoms. The van der Waals surface area contributed by atoms with Crippen LogP contribution < -0.4 is 10.2 Å². The highest BCUT2D eigenvalue weighted by Gasteiger charge is 2.30. The van der Waals surface area contributed by atoms with E-state index in [0.29, 0.717) is 11.4 Å². The Morgan fingerprint density at radius 2 is 1.89 bits per heavy atom. The van der Waals surface area contributed by atoms with Crippen LogP contribution in [0.1, 0.15) is 23.0 Å². The van der Waals surface area contributed by atoms with Gasteiger partial charge in [0.25, 0.3) is 5.91 Å². The molecule has 1 aliphatic heterocycles. The van der Waals surface area contributed by atoms with E-state index < -0.39 is 0 Å². The maximum absolute atomic E-state index is 12.9. The smallest absolute Gasteiger partial charge is 0.291 e. The van der Waals surface area contributed by atoms with Crippen molar-refractivity contribution in [1.29, 1.82) is 0 Å². The molecule has 1 aromatic heterocycles. The van der Waals surface area contributed by atoms with E-state index in [0.717, 1.165) is 17.0 Å². The average Bonchev–Trinajstić information content (AvgIpc) is 3.34. The van der Waals surface area contributed by atoms with Gasteiger partial charge in [-0.1, -0.05) is 30.3 Å². The van der Waals surface area contributed by atoms with Gasteiger partial charge in [0, 0.05) is 16.6 Å². The van der Waals surface area contributed by atoms with Gasteiger partial charge in [-0.3, -0.25) is 9.59 Å². The van der Waals surface area contributed by atoms with Crippen molar-refractivity contribution >= 4 is 35.0 Å². The molecule has 6 heteroatoms. The number of carbonyl (C=O) groups excluding carboxylic acids is 2. The molecule has 0 bridgehead atoms. The largest absolute Gasteiger partial charge is 0.459 e. The molecule has 1 atom stereocenters. The lowest BCUT2D eigenvalue weighted by Gasteiger charge is -2.22. The molecular formula is C22H20N2O3S. The summed E-state index contributed by atoms with van der Waals surface area (Å²) in [5.41, 5.74) is 2.87. The number of hydrogen-bond acceptors (Lipinski definition) is 4. The zero-order chi connectivity index (χ0) is 19.5. The molecule has 0 radical (unpaired) electrons. The van der Waals surface area contributed by atoms with Crippen LogP contribution in [0.4, 0.5) is 11.4 Å². The molecule has 0 saturated carbocycles. The van der Waals surface area contributed by atoms with Gasteiger partial charge in [-0.05, 0) is 49.2 Å². The maximum Gasteiger partial charge on any atom is 0.291 e. The van der Waals surface area contributed by atoms with Crippen molar-refractivity contribution in [2.45, 2.75) is 24.3 Å². The Balaban J connectivity index is 1.45. The number of thioether (sulfide) groups is 1. The van der Waals surface area contributed by atoms with Gasteiger partial charge in [0.05, 0.1) is 17.7 Å². The fourth-order valence-corrected chi connectivity index (χ4v) is 4.31. The van der Waals surface area contributed by atoms with Crippen LogP contribution in [0.5, 0.6) is 0 Å². The topological polar surface area (TPSA) is 62.6 Å². The third-order valence-corrected chi connectivity index (χ3v) is 5.77. The highest BCUT2D eigenvalue weighted by Crippen LogP contribution is 2.34. The molecule has 3 aromatic rings. The Kier molecular flexibility index (Phi) is 5.21. The van der Waals surface area contributed by atoms with E-state index in [1.807, 2.05) is 47.4 Å². The second-order valence-corrected chi connectivity index (χ2v) is 7.68. The van der Waals surface area contributed by atoms with Crippen LogP contribution in [0.25, 0.3) is 0 Å². The second-order valence-electron chi connectivity index (χ2n) is 6.66.